The Bertz CT molecular complexity index is 1120. The van der Waals surface area contributed by atoms with Crippen LogP contribution >= 0.6 is 11.6 Å². The fraction of sp³-hybridized carbons (Fsp3) is 0.536. The lowest BCUT2D eigenvalue weighted by molar-refractivity contribution is -0.154. The van der Waals surface area contributed by atoms with Crippen LogP contribution in [-0.4, -0.2) is 72.0 Å². The van der Waals surface area contributed by atoms with Crippen LogP contribution in [0.25, 0.3) is 11.3 Å². The summed E-state index contributed by atoms with van der Waals surface area (Å²) in [5, 5.41) is 3.44. The molecule has 2 aromatic rings. The van der Waals surface area contributed by atoms with Gasteiger partial charge in [-0.2, -0.15) is 0 Å². The third-order valence-electron chi connectivity index (χ3n) is 7.67. The second-order valence-electron chi connectivity index (χ2n) is 10.2. The summed E-state index contributed by atoms with van der Waals surface area (Å²) in [6.45, 7) is 6.87. The minimum Gasteiger partial charge on any atom is -0.466 e. The molecule has 2 heterocycles. The van der Waals surface area contributed by atoms with Crippen molar-refractivity contribution in [1.82, 2.24) is 15.1 Å². The molecule has 4 rings (SSSR count). The highest BCUT2D eigenvalue weighted by molar-refractivity contribution is 6.30. The highest BCUT2D eigenvalue weighted by Gasteiger charge is 2.46. The fourth-order valence-electron chi connectivity index (χ4n) is 5.42. The van der Waals surface area contributed by atoms with Crippen molar-refractivity contribution in [3.63, 3.8) is 0 Å². The van der Waals surface area contributed by atoms with Gasteiger partial charge in [0.15, 0.2) is 5.76 Å². The van der Waals surface area contributed by atoms with E-state index in [2.05, 4.69) is 31.1 Å². The first kappa shape index (κ1) is 27.2. The van der Waals surface area contributed by atoms with Gasteiger partial charge in [0.1, 0.15) is 11.8 Å². The standard InChI is InChI=1S/C28H36ClN3O5/c1-5-36-28(35)21-16-20(31(4)17(2)3)10-11-23(21)32-15-14-22(27(32)34)30-26(33)25-13-12-24(37-25)18-6-8-19(29)9-7-18/h6-9,12-13,17,20-23H,5,10-11,14-16H2,1-4H3,(H,30,33)/t20-,21+,22?,23+/m1/s1. The van der Waals surface area contributed by atoms with Gasteiger partial charge in [0.05, 0.1) is 12.5 Å². The second kappa shape index (κ2) is 11.7. The van der Waals surface area contributed by atoms with Gasteiger partial charge in [-0.1, -0.05) is 11.6 Å². The van der Waals surface area contributed by atoms with E-state index in [1.807, 2.05) is 12.1 Å². The first-order chi connectivity index (χ1) is 17.7. The largest absolute Gasteiger partial charge is 0.466 e. The predicted octanol–water partition coefficient (Wildman–Crippen LogP) is 4.37. The molecule has 9 heteroatoms. The molecule has 1 aliphatic carbocycles. The summed E-state index contributed by atoms with van der Waals surface area (Å²) in [5.41, 5.74) is 0.801. The molecular formula is C28H36ClN3O5. The van der Waals surface area contributed by atoms with Crippen LogP contribution in [0.3, 0.4) is 0 Å². The van der Waals surface area contributed by atoms with E-state index in [0.29, 0.717) is 42.8 Å². The van der Waals surface area contributed by atoms with E-state index in [-0.39, 0.29) is 35.6 Å². The minimum absolute atomic E-state index is 0.137. The molecule has 8 nitrogen and oxygen atoms in total. The van der Waals surface area contributed by atoms with Crippen LogP contribution in [-0.2, 0) is 14.3 Å². The van der Waals surface area contributed by atoms with Gasteiger partial charge in [-0.15, -0.1) is 0 Å². The molecule has 1 saturated heterocycles. The van der Waals surface area contributed by atoms with Gasteiger partial charge in [0.25, 0.3) is 5.91 Å². The molecule has 0 radical (unpaired) electrons. The van der Waals surface area contributed by atoms with Crippen molar-refractivity contribution < 1.29 is 23.5 Å². The van der Waals surface area contributed by atoms with Gasteiger partial charge in [-0.25, -0.2) is 0 Å². The maximum atomic E-state index is 13.4. The number of amides is 2. The van der Waals surface area contributed by atoms with Crippen LogP contribution in [0.4, 0.5) is 0 Å². The first-order valence-corrected chi connectivity index (χ1v) is 13.4. The molecule has 37 heavy (non-hydrogen) atoms. The number of rotatable bonds is 8. The third-order valence-corrected chi connectivity index (χ3v) is 7.92. The van der Waals surface area contributed by atoms with Crippen molar-refractivity contribution in [1.29, 1.82) is 0 Å². The highest BCUT2D eigenvalue weighted by atomic mass is 35.5. The van der Waals surface area contributed by atoms with Crippen molar-refractivity contribution in [3.8, 4) is 11.3 Å². The average Bonchev–Trinajstić information content (AvgIpc) is 3.51. The monoisotopic (exact) mass is 529 g/mol. The Balaban J connectivity index is 1.42. The Morgan fingerprint density at radius 2 is 1.89 bits per heavy atom. The number of nitrogens with one attached hydrogen (secondary N) is 1. The van der Waals surface area contributed by atoms with E-state index in [4.69, 9.17) is 20.8 Å². The molecule has 1 unspecified atom stereocenters. The van der Waals surface area contributed by atoms with Crippen molar-refractivity contribution in [2.45, 2.75) is 70.6 Å². The first-order valence-electron chi connectivity index (χ1n) is 13.0. The van der Waals surface area contributed by atoms with E-state index in [0.717, 1.165) is 18.4 Å². The number of likely N-dealkylation sites (tertiary alicyclic amines) is 1. The molecular weight excluding hydrogens is 494 g/mol. The van der Waals surface area contributed by atoms with E-state index in [1.54, 1.807) is 36.1 Å². The Kier molecular flexibility index (Phi) is 8.60. The molecule has 2 aliphatic rings. The van der Waals surface area contributed by atoms with Crippen LogP contribution in [0.1, 0.15) is 57.0 Å². The van der Waals surface area contributed by atoms with Crippen LogP contribution < -0.4 is 5.32 Å². The maximum Gasteiger partial charge on any atom is 0.311 e. The number of benzene rings is 1. The van der Waals surface area contributed by atoms with Gasteiger partial charge in [-0.05, 0) is 89.9 Å². The lowest BCUT2D eigenvalue weighted by Gasteiger charge is -2.43. The zero-order valence-corrected chi connectivity index (χ0v) is 22.7. The van der Waals surface area contributed by atoms with Crippen LogP contribution in [0.2, 0.25) is 5.02 Å². The minimum atomic E-state index is -0.657. The van der Waals surface area contributed by atoms with Gasteiger partial charge >= 0.3 is 5.97 Å². The lowest BCUT2D eigenvalue weighted by atomic mass is 9.80. The van der Waals surface area contributed by atoms with Crippen LogP contribution in [0.5, 0.6) is 0 Å². The average molecular weight is 530 g/mol. The van der Waals surface area contributed by atoms with E-state index < -0.39 is 11.9 Å². The van der Waals surface area contributed by atoms with Crippen LogP contribution in [0, 0.1) is 5.92 Å². The Morgan fingerprint density at radius 3 is 2.57 bits per heavy atom. The Hall–Kier alpha value is -2.84. The molecule has 2 amide bonds. The van der Waals surface area contributed by atoms with Crippen molar-refractivity contribution in [3.05, 3.63) is 47.2 Å². The molecule has 0 bridgehead atoms. The summed E-state index contributed by atoms with van der Waals surface area (Å²) in [6.07, 6.45) is 2.76. The SMILES string of the molecule is CCOC(=O)[C@H]1C[C@H](N(C)C(C)C)CC[C@@H]1N1CCC(NC(=O)c2ccc(-c3ccc(Cl)cc3)o2)C1=O. The van der Waals surface area contributed by atoms with Crippen molar-refractivity contribution in [2.24, 2.45) is 5.92 Å². The zero-order valence-electron chi connectivity index (χ0n) is 21.9. The van der Waals surface area contributed by atoms with Crippen molar-refractivity contribution in [2.75, 3.05) is 20.2 Å². The molecule has 2 fully saturated rings. The number of carbonyl (C=O) groups excluding carboxylic acids is 3. The lowest BCUT2D eigenvalue weighted by Crippen LogP contribution is -2.53. The summed E-state index contributed by atoms with van der Waals surface area (Å²) in [7, 11) is 2.08. The maximum absolute atomic E-state index is 13.4. The van der Waals surface area contributed by atoms with Gasteiger partial charge in [-0.3, -0.25) is 14.4 Å². The number of halogens is 1. The molecule has 1 N–H and O–H groups in total. The summed E-state index contributed by atoms with van der Waals surface area (Å²) in [4.78, 5) is 43.3. The van der Waals surface area contributed by atoms with E-state index in [9.17, 15) is 14.4 Å². The third kappa shape index (κ3) is 6.02. The van der Waals surface area contributed by atoms with Crippen LogP contribution in [0.15, 0.2) is 40.8 Å². The van der Waals surface area contributed by atoms with Crippen molar-refractivity contribution >= 4 is 29.4 Å². The normalized spacial score (nSPS) is 24.1. The molecule has 0 spiro atoms. The van der Waals surface area contributed by atoms with E-state index in [1.165, 1.54) is 0 Å². The number of hydrogen-bond donors (Lipinski definition) is 1. The summed E-state index contributed by atoms with van der Waals surface area (Å²) < 4.78 is 11.1. The molecule has 4 atom stereocenters. The summed E-state index contributed by atoms with van der Waals surface area (Å²) >= 11 is 5.95. The van der Waals surface area contributed by atoms with Gasteiger partial charge in [0.2, 0.25) is 5.91 Å². The van der Waals surface area contributed by atoms with Gasteiger partial charge < -0.3 is 24.3 Å². The number of nitrogens with zero attached hydrogens (tertiary/aromatic N) is 2. The molecule has 1 aromatic heterocycles. The Labute approximate surface area is 223 Å². The Morgan fingerprint density at radius 1 is 1.16 bits per heavy atom. The number of esters is 1. The molecule has 200 valence electrons. The second-order valence-corrected chi connectivity index (χ2v) is 10.6. The molecule has 1 saturated carbocycles. The highest BCUT2D eigenvalue weighted by Crippen LogP contribution is 2.35. The van der Waals surface area contributed by atoms with Gasteiger partial charge in [0, 0.05) is 35.3 Å². The number of hydrogen-bond acceptors (Lipinski definition) is 6. The number of furan rings is 1. The summed E-state index contributed by atoms with van der Waals surface area (Å²) in [5.74, 6) is -0.554. The topological polar surface area (TPSA) is 92.1 Å². The fourth-order valence-corrected chi connectivity index (χ4v) is 5.55. The van der Waals surface area contributed by atoms with E-state index >= 15 is 0 Å². The zero-order chi connectivity index (χ0) is 26.7. The smallest absolute Gasteiger partial charge is 0.311 e. The predicted molar refractivity (Wildman–Crippen MR) is 141 cm³/mol. The summed E-state index contributed by atoms with van der Waals surface area (Å²) in [6, 6.07) is 10.2. The quantitative estimate of drug-likeness (QED) is 0.510. The molecule has 1 aliphatic heterocycles. The number of carbonyl (C=O) groups is 3. The number of ether oxygens (including phenoxy) is 1. The molecule has 1 aromatic carbocycles.